The Morgan fingerprint density at radius 2 is 1.58 bits per heavy atom. The molecule has 1 fully saturated rings. The first kappa shape index (κ1) is 10.0. The van der Waals surface area contributed by atoms with Crippen LogP contribution in [0.25, 0.3) is 0 Å². The summed E-state index contributed by atoms with van der Waals surface area (Å²) in [5, 5.41) is 10.0. The van der Waals surface area contributed by atoms with Crippen LogP contribution in [0.2, 0.25) is 0 Å². The SMILES string of the molecule is CC(C)C(O)C1(C)CCCCC1. The van der Waals surface area contributed by atoms with Crippen molar-refractivity contribution in [2.45, 2.75) is 59.0 Å². The second kappa shape index (κ2) is 3.78. The normalized spacial score (nSPS) is 25.8. The van der Waals surface area contributed by atoms with Gasteiger partial charge in [-0.3, -0.25) is 0 Å². The summed E-state index contributed by atoms with van der Waals surface area (Å²) in [6, 6.07) is 0. The summed E-state index contributed by atoms with van der Waals surface area (Å²) < 4.78 is 0. The lowest BCUT2D eigenvalue weighted by molar-refractivity contribution is -0.0208. The first-order chi connectivity index (χ1) is 5.56. The first-order valence-corrected chi connectivity index (χ1v) is 5.24. The molecule has 0 heterocycles. The fraction of sp³-hybridized carbons (Fsp3) is 1.00. The van der Waals surface area contributed by atoms with Crippen LogP contribution >= 0.6 is 0 Å². The van der Waals surface area contributed by atoms with E-state index in [2.05, 4.69) is 20.8 Å². The number of aliphatic hydroxyl groups excluding tert-OH is 1. The summed E-state index contributed by atoms with van der Waals surface area (Å²) in [5.74, 6) is 0.410. The maximum Gasteiger partial charge on any atom is 0.0616 e. The van der Waals surface area contributed by atoms with Gasteiger partial charge in [-0.05, 0) is 24.2 Å². The van der Waals surface area contributed by atoms with Crippen LogP contribution in [0.15, 0.2) is 0 Å². The third kappa shape index (κ3) is 2.01. The summed E-state index contributed by atoms with van der Waals surface area (Å²) in [4.78, 5) is 0. The van der Waals surface area contributed by atoms with Crippen LogP contribution in [-0.4, -0.2) is 11.2 Å². The molecule has 0 aromatic rings. The fourth-order valence-corrected chi connectivity index (χ4v) is 2.46. The van der Waals surface area contributed by atoms with Crippen LogP contribution in [0.3, 0.4) is 0 Å². The second-order valence-electron chi connectivity index (χ2n) is 4.90. The molecule has 72 valence electrons. The summed E-state index contributed by atoms with van der Waals surface area (Å²) in [7, 11) is 0. The molecular formula is C11H22O. The molecule has 0 aromatic heterocycles. The van der Waals surface area contributed by atoms with Crippen molar-refractivity contribution < 1.29 is 5.11 Å². The third-order valence-corrected chi connectivity index (χ3v) is 3.34. The largest absolute Gasteiger partial charge is 0.392 e. The Bertz CT molecular complexity index is 134. The molecule has 0 radical (unpaired) electrons. The number of hydrogen-bond acceptors (Lipinski definition) is 1. The predicted molar refractivity (Wildman–Crippen MR) is 52.0 cm³/mol. The maximum absolute atomic E-state index is 10.0. The van der Waals surface area contributed by atoms with E-state index < -0.39 is 0 Å². The van der Waals surface area contributed by atoms with Crippen LogP contribution in [0, 0.1) is 11.3 Å². The average molecular weight is 170 g/mol. The van der Waals surface area contributed by atoms with Crippen molar-refractivity contribution in [2.75, 3.05) is 0 Å². The van der Waals surface area contributed by atoms with Gasteiger partial charge in [0, 0.05) is 0 Å². The summed E-state index contributed by atoms with van der Waals surface area (Å²) in [5.41, 5.74) is 0.215. The maximum atomic E-state index is 10.0. The molecule has 1 aliphatic carbocycles. The first-order valence-electron chi connectivity index (χ1n) is 5.24. The molecule has 1 rings (SSSR count). The molecule has 0 aliphatic heterocycles. The highest BCUT2D eigenvalue weighted by molar-refractivity contribution is 4.86. The van der Waals surface area contributed by atoms with Crippen LogP contribution < -0.4 is 0 Å². The van der Waals surface area contributed by atoms with Gasteiger partial charge in [0.25, 0.3) is 0 Å². The van der Waals surface area contributed by atoms with Crippen LogP contribution in [0.5, 0.6) is 0 Å². The quantitative estimate of drug-likeness (QED) is 0.675. The topological polar surface area (TPSA) is 20.2 Å². The Labute approximate surface area is 76.2 Å². The zero-order valence-corrected chi connectivity index (χ0v) is 8.64. The van der Waals surface area contributed by atoms with Crippen LogP contribution in [0.1, 0.15) is 52.9 Å². The van der Waals surface area contributed by atoms with E-state index in [0.717, 1.165) is 0 Å². The lowest BCUT2D eigenvalue weighted by Crippen LogP contribution is -2.37. The van der Waals surface area contributed by atoms with Gasteiger partial charge in [-0.15, -0.1) is 0 Å². The molecule has 0 aromatic carbocycles. The van der Waals surface area contributed by atoms with Crippen LogP contribution in [-0.2, 0) is 0 Å². The monoisotopic (exact) mass is 170 g/mol. The zero-order valence-electron chi connectivity index (χ0n) is 8.64. The standard InChI is InChI=1S/C11H22O/c1-9(2)10(12)11(3)7-5-4-6-8-11/h9-10,12H,4-8H2,1-3H3. The Morgan fingerprint density at radius 3 is 2.00 bits per heavy atom. The van der Waals surface area contributed by atoms with E-state index in [4.69, 9.17) is 0 Å². The third-order valence-electron chi connectivity index (χ3n) is 3.34. The molecule has 12 heavy (non-hydrogen) atoms. The molecule has 1 atom stereocenters. The number of aliphatic hydroxyl groups is 1. The van der Waals surface area contributed by atoms with Gasteiger partial charge < -0.3 is 5.11 Å². The predicted octanol–water partition coefficient (Wildman–Crippen LogP) is 2.97. The molecule has 1 nitrogen and oxygen atoms in total. The second-order valence-corrected chi connectivity index (χ2v) is 4.90. The van der Waals surface area contributed by atoms with Gasteiger partial charge in [0.1, 0.15) is 0 Å². The smallest absolute Gasteiger partial charge is 0.0616 e. The van der Waals surface area contributed by atoms with Gasteiger partial charge in [-0.1, -0.05) is 40.0 Å². The van der Waals surface area contributed by atoms with E-state index in [1.54, 1.807) is 0 Å². The highest BCUT2D eigenvalue weighted by atomic mass is 16.3. The van der Waals surface area contributed by atoms with Gasteiger partial charge >= 0.3 is 0 Å². The Morgan fingerprint density at radius 1 is 1.08 bits per heavy atom. The van der Waals surface area contributed by atoms with E-state index in [1.807, 2.05) is 0 Å². The van der Waals surface area contributed by atoms with E-state index >= 15 is 0 Å². The molecular weight excluding hydrogens is 148 g/mol. The Hall–Kier alpha value is -0.0400. The minimum Gasteiger partial charge on any atom is -0.392 e. The van der Waals surface area contributed by atoms with E-state index in [-0.39, 0.29) is 11.5 Å². The zero-order chi connectivity index (χ0) is 9.19. The molecule has 1 heteroatoms. The van der Waals surface area contributed by atoms with Gasteiger partial charge in [-0.2, -0.15) is 0 Å². The van der Waals surface area contributed by atoms with Crippen molar-refractivity contribution in [1.82, 2.24) is 0 Å². The van der Waals surface area contributed by atoms with Crippen molar-refractivity contribution in [1.29, 1.82) is 0 Å². The number of rotatable bonds is 2. The van der Waals surface area contributed by atoms with E-state index in [1.165, 1.54) is 32.1 Å². The fourth-order valence-electron chi connectivity index (χ4n) is 2.46. The van der Waals surface area contributed by atoms with Gasteiger partial charge in [0.05, 0.1) is 6.10 Å². The molecule has 1 N–H and O–H groups in total. The average Bonchev–Trinajstić information content (AvgIpc) is 2.04. The lowest BCUT2D eigenvalue weighted by atomic mass is 9.69. The van der Waals surface area contributed by atoms with Gasteiger partial charge in [-0.25, -0.2) is 0 Å². The molecule has 0 saturated heterocycles. The highest BCUT2D eigenvalue weighted by Crippen LogP contribution is 2.40. The molecule has 1 saturated carbocycles. The minimum atomic E-state index is -0.0993. The Balaban J connectivity index is 2.56. The highest BCUT2D eigenvalue weighted by Gasteiger charge is 2.35. The minimum absolute atomic E-state index is 0.0993. The van der Waals surface area contributed by atoms with Gasteiger partial charge in [0.2, 0.25) is 0 Å². The van der Waals surface area contributed by atoms with Crippen molar-refractivity contribution in [3.8, 4) is 0 Å². The molecule has 1 unspecified atom stereocenters. The molecule has 0 bridgehead atoms. The lowest BCUT2D eigenvalue weighted by Gasteiger charge is -2.39. The van der Waals surface area contributed by atoms with E-state index in [9.17, 15) is 5.11 Å². The van der Waals surface area contributed by atoms with E-state index in [0.29, 0.717) is 5.92 Å². The molecule has 0 amide bonds. The summed E-state index contributed by atoms with van der Waals surface area (Å²) >= 11 is 0. The summed E-state index contributed by atoms with van der Waals surface area (Å²) in [6.45, 7) is 6.48. The van der Waals surface area contributed by atoms with Gasteiger partial charge in [0.15, 0.2) is 0 Å². The number of hydrogen-bond donors (Lipinski definition) is 1. The van der Waals surface area contributed by atoms with Crippen molar-refractivity contribution >= 4 is 0 Å². The molecule has 1 aliphatic rings. The van der Waals surface area contributed by atoms with Crippen molar-refractivity contribution in [3.05, 3.63) is 0 Å². The van der Waals surface area contributed by atoms with Crippen LogP contribution in [0.4, 0.5) is 0 Å². The van der Waals surface area contributed by atoms with Crippen molar-refractivity contribution in [2.24, 2.45) is 11.3 Å². The summed E-state index contributed by atoms with van der Waals surface area (Å²) in [6.07, 6.45) is 6.30. The van der Waals surface area contributed by atoms with Crippen molar-refractivity contribution in [3.63, 3.8) is 0 Å². The Kier molecular flexibility index (Phi) is 3.16. The molecule has 0 spiro atoms.